The van der Waals surface area contributed by atoms with Gasteiger partial charge in [-0.2, -0.15) is 0 Å². The summed E-state index contributed by atoms with van der Waals surface area (Å²) < 4.78 is 0. The Balaban J connectivity index is 2.26. The lowest BCUT2D eigenvalue weighted by Gasteiger charge is -2.41. The highest BCUT2D eigenvalue weighted by atomic mass is 32.1. The zero-order valence-corrected chi connectivity index (χ0v) is 8.32. The summed E-state index contributed by atoms with van der Waals surface area (Å²) in [5.41, 5.74) is 0.770. The highest BCUT2D eigenvalue weighted by molar-refractivity contribution is 7.10. The number of hydrogen-bond acceptors (Lipinski definition) is 2. The van der Waals surface area contributed by atoms with E-state index in [9.17, 15) is 5.11 Å². The SMILES string of the molecule is Cc1ccsc1C1(O)CC(C)C1. The maximum atomic E-state index is 10.1. The van der Waals surface area contributed by atoms with Crippen molar-refractivity contribution in [2.45, 2.75) is 32.3 Å². The first-order valence-electron chi connectivity index (χ1n) is 4.39. The molecule has 0 amide bonds. The van der Waals surface area contributed by atoms with Crippen LogP contribution in [-0.4, -0.2) is 5.11 Å². The second-order valence-corrected chi connectivity index (χ2v) is 4.89. The van der Waals surface area contributed by atoms with Gasteiger partial charge in [0.15, 0.2) is 0 Å². The third-order valence-electron chi connectivity index (χ3n) is 2.66. The number of aliphatic hydroxyl groups is 1. The van der Waals surface area contributed by atoms with Crippen LogP contribution in [0.15, 0.2) is 11.4 Å². The molecule has 1 nitrogen and oxygen atoms in total. The van der Waals surface area contributed by atoms with E-state index in [4.69, 9.17) is 0 Å². The smallest absolute Gasteiger partial charge is 0.0995 e. The van der Waals surface area contributed by atoms with Crippen LogP contribution in [0.25, 0.3) is 0 Å². The Kier molecular flexibility index (Phi) is 1.77. The third-order valence-corrected chi connectivity index (χ3v) is 3.87. The molecule has 0 aliphatic heterocycles. The van der Waals surface area contributed by atoms with Gasteiger partial charge < -0.3 is 5.11 Å². The average molecular weight is 182 g/mol. The average Bonchev–Trinajstić information content (AvgIpc) is 2.32. The molecular weight excluding hydrogens is 168 g/mol. The highest BCUT2D eigenvalue weighted by Crippen LogP contribution is 2.47. The maximum Gasteiger partial charge on any atom is 0.0995 e. The van der Waals surface area contributed by atoms with Gasteiger partial charge in [0.05, 0.1) is 5.60 Å². The van der Waals surface area contributed by atoms with Crippen LogP contribution < -0.4 is 0 Å². The van der Waals surface area contributed by atoms with Gasteiger partial charge in [-0.25, -0.2) is 0 Å². The van der Waals surface area contributed by atoms with Crippen molar-refractivity contribution >= 4 is 11.3 Å². The fourth-order valence-corrected chi connectivity index (χ4v) is 3.18. The Hall–Kier alpha value is -0.340. The van der Waals surface area contributed by atoms with E-state index in [1.807, 2.05) is 0 Å². The molecule has 1 heterocycles. The molecule has 1 aromatic rings. The molecule has 1 N–H and O–H groups in total. The van der Waals surface area contributed by atoms with Crippen molar-refractivity contribution in [3.8, 4) is 0 Å². The molecule has 0 unspecified atom stereocenters. The standard InChI is InChI=1S/C10H14OS/c1-7-5-10(11,6-7)9-8(2)3-4-12-9/h3-4,7,11H,5-6H2,1-2H3. The number of aryl methyl sites for hydroxylation is 1. The van der Waals surface area contributed by atoms with Crippen LogP contribution in [0.2, 0.25) is 0 Å². The monoisotopic (exact) mass is 182 g/mol. The summed E-state index contributed by atoms with van der Waals surface area (Å²) in [6.45, 7) is 4.27. The minimum atomic E-state index is -0.475. The van der Waals surface area contributed by atoms with Gasteiger partial charge in [-0.3, -0.25) is 0 Å². The lowest BCUT2D eigenvalue weighted by atomic mass is 9.70. The lowest BCUT2D eigenvalue weighted by Crippen LogP contribution is -2.39. The van der Waals surface area contributed by atoms with Crippen molar-refractivity contribution in [1.29, 1.82) is 0 Å². The molecule has 1 fully saturated rings. The van der Waals surface area contributed by atoms with E-state index in [0.717, 1.165) is 12.8 Å². The van der Waals surface area contributed by atoms with Crippen molar-refractivity contribution < 1.29 is 5.11 Å². The quantitative estimate of drug-likeness (QED) is 0.708. The van der Waals surface area contributed by atoms with Crippen molar-refractivity contribution in [1.82, 2.24) is 0 Å². The Morgan fingerprint density at radius 1 is 1.58 bits per heavy atom. The minimum absolute atomic E-state index is 0.475. The first-order valence-corrected chi connectivity index (χ1v) is 5.27. The summed E-state index contributed by atoms with van der Waals surface area (Å²) in [7, 11) is 0. The van der Waals surface area contributed by atoms with Gasteiger partial charge in [0.2, 0.25) is 0 Å². The zero-order valence-electron chi connectivity index (χ0n) is 7.50. The van der Waals surface area contributed by atoms with Gasteiger partial charge in [0.25, 0.3) is 0 Å². The molecule has 0 saturated heterocycles. The van der Waals surface area contributed by atoms with E-state index in [2.05, 4.69) is 25.3 Å². The van der Waals surface area contributed by atoms with Crippen LogP contribution in [0.1, 0.15) is 30.2 Å². The molecule has 1 aliphatic carbocycles. The van der Waals surface area contributed by atoms with Gasteiger partial charge in [-0.1, -0.05) is 6.92 Å². The fraction of sp³-hybridized carbons (Fsp3) is 0.600. The van der Waals surface area contributed by atoms with E-state index in [1.54, 1.807) is 11.3 Å². The summed E-state index contributed by atoms with van der Waals surface area (Å²) in [6, 6.07) is 2.08. The first-order chi connectivity index (χ1) is 5.62. The Morgan fingerprint density at radius 2 is 2.25 bits per heavy atom. The van der Waals surface area contributed by atoms with Gasteiger partial charge in [0, 0.05) is 4.88 Å². The molecule has 0 radical (unpaired) electrons. The molecule has 1 aliphatic rings. The van der Waals surface area contributed by atoms with Crippen LogP contribution in [0, 0.1) is 12.8 Å². The number of thiophene rings is 1. The molecule has 2 heteroatoms. The summed E-state index contributed by atoms with van der Waals surface area (Å²) >= 11 is 1.68. The van der Waals surface area contributed by atoms with E-state index in [0.29, 0.717) is 5.92 Å². The molecule has 1 saturated carbocycles. The predicted molar refractivity (Wildman–Crippen MR) is 51.4 cm³/mol. The summed E-state index contributed by atoms with van der Waals surface area (Å²) in [4.78, 5) is 1.18. The Morgan fingerprint density at radius 3 is 2.67 bits per heavy atom. The highest BCUT2D eigenvalue weighted by Gasteiger charge is 2.43. The van der Waals surface area contributed by atoms with E-state index < -0.39 is 5.60 Å². The van der Waals surface area contributed by atoms with E-state index >= 15 is 0 Å². The van der Waals surface area contributed by atoms with Crippen LogP contribution >= 0.6 is 11.3 Å². The largest absolute Gasteiger partial charge is 0.384 e. The maximum absolute atomic E-state index is 10.1. The van der Waals surface area contributed by atoms with Gasteiger partial charge >= 0.3 is 0 Å². The van der Waals surface area contributed by atoms with Crippen molar-refractivity contribution in [3.63, 3.8) is 0 Å². The molecule has 0 aromatic carbocycles. The predicted octanol–water partition coefficient (Wildman–Crippen LogP) is 2.67. The first kappa shape index (κ1) is 8.27. The summed E-state index contributed by atoms with van der Waals surface area (Å²) in [6.07, 6.45) is 1.88. The second kappa shape index (κ2) is 2.57. The van der Waals surface area contributed by atoms with Crippen LogP contribution in [0.4, 0.5) is 0 Å². The Labute approximate surface area is 77.0 Å². The van der Waals surface area contributed by atoms with Crippen molar-refractivity contribution in [3.05, 3.63) is 21.9 Å². The molecule has 1 aromatic heterocycles. The molecule has 66 valence electrons. The van der Waals surface area contributed by atoms with Crippen LogP contribution in [0.3, 0.4) is 0 Å². The van der Waals surface area contributed by atoms with Crippen molar-refractivity contribution in [2.75, 3.05) is 0 Å². The van der Waals surface area contributed by atoms with E-state index in [-0.39, 0.29) is 0 Å². The Bertz CT molecular complexity index is 284. The lowest BCUT2D eigenvalue weighted by molar-refractivity contribution is -0.0711. The van der Waals surface area contributed by atoms with Crippen LogP contribution in [0.5, 0.6) is 0 Å². The summed E-state index contributed by atoms with van der Waals surface area (Å²) in [5, 5.41) is 12.2. The molecule has 2 rings (SSSR count). The van der Waals surface area contributed by atoms with E-state index in [1.165, 1.54) is 10.4 Å². The van der Waals surface area contributed by atoms with Crippen LogP contribution in [-0.2, 0) is 5.60 Å². The molecular formula is C10H14OS. The number of rotatable bonds is 1. The summed E-state index contributed by atoms with van der Waals surface area (Å²) in [5.74, 6) is 0.691. The third kappa shape index (κ3) is 1.10. The zero-order chi connectivity index (χ0) is 8.77. The topological polar surface area (TPSA) is 20.2 Å². The normalized spacial score (nSPS) is 34.8. The van der Waals surface area contributed by atoms with Gasteiger partial charge in [-0.15, -0.1) is 11.3 Å². The molecule has 12 heavy (non-hydrogen) atoms. The molecule has 0 spiro atoms. The number of hydrogen-bond donors (Lipinski definition) is 1. The fourth-order valence-electron chi connectivity index (χ4n) is 2.13. The second-order valence-electron chi connectivity index (χ2n) is 3.98. The minimum Gasteiger partial charge on any atom is -0.384 e. The van der Waals surface area contributed by atoms with Crippen molar-refractivity contribution in [2.24, 2.45) is 5.92 Å². The molecule has 0 atom stereocenters. The van der Waals surface area contributed by atoms with Gasteiger partial charge in [0.1, 0.15) is 0 Å². The van der Waals surface area contributed by atoms with Gasteiger partial charge in [-0.05, 0) is 42.7 Å². The molecule has 0 bridgehead atoms.